The van der Waals surface area contributed by atoms with E-state index in [4.69, 9.17) is 5.26 Å². The molecule has 134 valence electrons. The molecular formula is C20H26ClN3O. The second-order valence-corrected chi connectivity index (χ2v) is 7.31. The number of nitriles is 1. The fraction of sp³-hybridized carbons (Fsp3) is 0.500. The lowest BCUT2D eigenvalue weighted by atomic mass is 9.95. The highest BCUT2D eigenvalue weighted by molar-refractivity contribution is 5.91. The first-order valence-electron chi connectivity index (χ1n) is 8.73. The largest absolute Gasteiger partial charge is 0.337 e. The van der Waals surface area contributed by atoms with Gasteiger partial charge < -0.3 is 4.90 Å². The number of halogens is 1. The first-order valence-corrected chi connectivity index (χ1v) is 8.73. The minimum atomic E-state index is 0. The van der Waals surface area contributed by atoms with Gasteiger partial charge in [0.05, 0.1) is 11.6 Å². The summed E-state index contributed by atoms with van der Waals surface area (Å²) in [6.07, 6.45) is 6.16. The van der Waals surface area contributed by atoms with Crippen molar-refractivity contribution in [2.45, 2.75) is 32.2 Å². The van der Waals surface area contributed by atoms with Crippen molar-refractivity contribution in [1.82, 2.24) is 9.80 Å². The van der Waals surface area contributed by atoms with Crippen molar-refractivity contribution in [2.24, 2.45) is 5.92 Å². The van der Waals surface area contributed by atoms with E-state index in [9.17, 15) is 4.79 Å². The number of piperazine rings is 1. The van der Waals surface area contributed by atoms with Gasteiger partial charge in [0.1, 0.15) is 0 Å². The lowest BCUT2D eigenvalue weighted by molar-refractivity contribution is -0.128. The maximum Gasteiger partial charge on any atom is 0.246 e. The standard InChI is InChI=1S/C20H25N3O.ClH/c1-20(2,18-8-9-18)23-13-11-22(12-14-23)19(24)10-7-16-3-5-17(15-21)6-4-16;/h3-7,10,18H,8-9,11-14H2,1-2H3;1H/b10-7+;. The van der Waals surface area contributed by atoms with Crippen molar-refractivity contribution < 1.29 is 4.79 Å². The van der Waals surface area contributed by atoms with E-state index in [1.54, 1.807) is 18.2 Å². The van der Waals surface area contributed by atoms with Crippen molar-refractivity contribution in [2.75, 3.05) is 26.2 Å². The molecule has 1 aromatic rings. The van der Waals surface area contributed by atoms with Crippen LogP contribution in [0.1, 0.15) is 37.8 Å². The molecule has 0 N–H and O–H groups in total. The lowest BCUT2D eigenvalue weighted by Crippen LogP contribution is -2.56. The molecule has 0 spiro atoms. The van der Waals surface area contributed by atoms with Crippen LogP contribution in [0.5, 0.6) is 0 Å². The smallest absolute Gasteiger partial charge is 0.246 e. The Morgan fingerprint density at radius 3 is 2.28 bits per heavy atom. The first-order chi connectivity index (χ1) is 11.5. The number of carbonyl (C=O) groups excluding carboxylic acids is 1. The Morgan fingerprint density at radius 1 is 1.16 bits per heavy atom. The third-order valence-electron chi connectivity index (χ3n) is 5.44. The van der Waals surface area contributed by atoms with Crippen molar-refractivity contribution >= 4 is 24.4 Å². The number of hydrogen-bond acceptors (Lipinski definition) is 3. The molecule has 1 aliphatic heterocycles. The number of amides is 1. The minimum Gasteiger partial charge on any atom is -0.337 e. The Kier molecular flexibility index (Phi) is 6.26. The second-order valence-electron chi connectivity index (χ2n) is 7.31. The van der Waals surface area contributed by atoms with Gasteiger partial charge in [0.2, 0.25) is 5.91 Å². The average Bonchev–Trinajstić information content (AvgIpc) is 3.46. The molecule has 0 unspecified atom stereocenters. The number of benzene rings is 1. The van der Waals surface area contributed by atoms with Gasteiger partial charge in [0, 0.05) is 37.8 Å². The molecule has 2 aliphatic rings. The van der Waals surface area contributed by atoms with Crippen molar-refractivity contribution in [1.29, 1.82) is 5.26 Å². The second kappa shape index (κ2) is 8.03. The normalized spacial score (nSPS) is 18.7. The van der Waals surface area contributed by atoms with Crippen LogP contribution < -0.4 is 0 Å². The molecule has 1 saturated heterocycles. The van der Waals surface area contributed by atoms with Crippen molar-refractivity contribution in [3.05, 3.63) is 41.5 Å². The number of nitrogens with zero attached hydrogens (tertiary/aromatic N) is 3. The molecule has 1 amide bonds. The Hall–Kier alpha value is -1.83. The van der Waals surface area contributed by atoms with Crippen LogP contribution in [0, 0.1) is 17.2 Å². The summed E-state index contributed by atoms with van der Waals surface area (Å²) >= 11 is 0. The topological polar surface area (TPSA) is 47.3 Å². The van der Waals surface area contributed by atoms with Crippen LogP contribution in [0.15, 0.2) is 30.3 Å². The molecule has 0 radical (unpaired) electrons. The highest BCUT2D eigenvalue weighted by atomic mass is 35.5. The molecule has 25 heavy (non-hydrogen) atoms. The molecule has 4 nitrogen and oxygen atoms in total. The van der Waals surface area contributed by atoms with E-state index in [0.29, 0.717) is 5.56 Å². The van der Waals surface area contributed by atoms with Gasteiger partial charge in [0.15, 0.2) is 0 Å². The highest BCUT2D eigenvalue weighted by Gasteiger charge is 2.42. The van der Waals surface area contributed by atoms with E-state index < -0.39 is 0 Å². The van der Waals surface area contributed by atoms with E-state index in [0.717, 1.165) is 37.7 Å². The molecule has 0 aromatic heterocycles. The zero-order valence-electron chi connectivity index (χ0n) is 14.9. The number of hydrogen-bond donors (Lipinski definition) is 0. The maximum absolute atomic E-state index is 12.4. The van der Waals surface area contributed by atoms with Gasteiger partial charge in [-0.05, 0) is 56.4 Å². The zero-order valence-corrected chi connectivity index (χ0v) is 15.8. The molecule has 1 aliphatic carbocycles. The SMILES string of the molecule is CC(C)(C1CC1)N1CCN(C(=O)/C=C/c2ccc(C#N)cc2)CC1.Cl. The highest BCUT2D eigenvalue weighted by Crippen LogP contribution is 2.42. The summed E-state index contributed by atoms with van der Waals surface area (Å²) in [4.78, 5) is 16.8. The molecule has 1 saturated carbocycles. The van der Waals surface area contributed by atoms with E-state index in [1.165, 1.54) is 12.8 Å². The number of rotatable bonds is 4. The minimum absolute atomic E-state index is 0. The van der Waals surface area contributed by atoms with Crippen LogP contribution in [0.4, 0.5) is 0 Å². The van der Waals surface area contributed by atoms with Crippen LogP contribution in [0.25, 0.3) is 6.08 Å². The predicted molar refractivity (Wildman–Crippen MR) is 102 cm³/mol. The van der Waals surface area contributed by atoms with Crippen LogP contribution in [0.3, 0.4) is 0 Å². The summed E-state index contributed by atoms with van der Waals surface area (Å²) in [6, 6.07) is 9.35. The molecule has 1 heterocycles. The van der Waals surface area contributed by atoms with E-state index in [2.05, 4.69) is 24.8 Å². The lowest BCUT2D eigenvalue weighted by Gasteiger charge is -2.44. The molecule has 0 atom stereocenters. The molecule has 3 rings (SSSR count). The Bertz CT molecular complexity index is 663. The quantitative estimate of drug-likeness (QED) is 0.775. The summed E-state index contributed by atoms with van der Waals surface area (Å²) in [6.45, 7) is 8.19. The van der Waals surface area contributed by atoms with E-state index >= 15 is 0 Å². The van der Waals surface area contributed by atoms with Crippen LogP contribution >= 0.6 is 12.4 Å². The summed E-state index contributed by atoms with van der Waals surface area (Å²) in [5.41, 5.74) is 1.84. The van der Waals surface area contributed by atoms with Crippen molar-refractivity contribution in [3.63, 3.8) is 0 Å². The van der Waals surface area contributed by atoms with Crippen LogP contribution in [-0.4, -0.2) is 47.4 Å². The van der Waals surface area contributed by atoms with Crippen LogP contribution in [0.2, 0.25) is 0 Å². The van der Waals surface area contributed by atoms with Crippen molar-refractivity contribution in [3.8, 4) is 6.07 Å². The molecule has 5 heteroatoms. The monoisotopic (exact) mass is 359 g/mol. The third-order valence-corrected chi connectivity index (χ3v) is 5.44. The molecule has 0 bridgehead atoms. The average molecular weight is 360 g/mol. The van der Waals surface area contributed by atoms with Gasteiger partial charge in [-0.25, -0.2) is 0 Å². The van der Waals surface area contributed by atoms with E-state index in [1.807, 2.05) is 23.1 Å². The van der Waals surface area contributed by atoms with Gasteiger partial charge in [-0.3, -0.25) is 9.69 Å². The van der Waals surface area contributed by atoms with Gasteiger partial charge >= 0.3 is 0 Å². The Labute approximate surface area is 156 Å². The summed E-state index contributed by atoms with van der Waals surface area (Å²) in [5, 5.41) is 8.80. The fourth-order valence-electron chi connectivity index (χ4n) is 3.49. The van der Waals surface area contributed by atoms with E-state index in [-0.39, 0.29) is 23.9 Å². The molecule has 2 fully saturated rings. The van der Waals surface area contributed by atoms with Gasteiger partial charge in [-0.2, -0.15) is 5.26 Å². The maximum atomic E-state index is 12.4. The van der Waals surface area contributed by atoms with Crippen LogP contribution in [-0.2, 0) is 4.79 Å². The Morgan fingerprint density at radius 2 is 1.76 bits per heavy atom. The van der Waals surface area contributed by atoms with Gasteiger partial charge in [-0.1, -0.05) is 12.1 Å². The third kappa shape index (κ3) is 4.62. The fourth-order valence-corrected chi connectivity index (χ4v) is 3.49. The van der Waals surface area contributed by atoms with Gasteiger partial charge in [0.25, 0.3) is 0 Å². The Balaban J connectivity index is 0.00000225. The summed E-state index contributed by atoms with van der Waals surface area (Å²) in [7, 11) is 0. The first kappa shape index (κ1) is 19.5. The van der Waals surface area contributed by atoms with Gasteiger partial charge in [-0.15, -0.1) is 12.4 Å². The molecular weight excluding hydrogens is 334 g/mol. The molecule has 1 aromatic carbocycles. The zero-order chi connectivity index (χ0) is 17.2. The summed E-state index contributed by atoms with van der Waals surface area (Å²) < 4.78 is 0. The predicted octanol–water partition coefficient (Wildman–Crippen LogP) is 3.33. The number of carbonyl (C=O) groups is 1. The summed E-state index contributed by atoms with van der Waals surface area (Å²) in [5.74, 6) is 0.902.